The highest BCUT2D eigenvalue weighted by atomic mass is 16.5. The molecule has 0 amide bonds. The van der Waals surface area contributed by atoms with Gasteiger partial charge in [0.05, 0.1) is 12.8 Å². The number of esters is 1. The highest BCUT2D eigenvalue weighted by molar-refractivity contribution is 5.74. The number of anilines is 1. The summed E-state index contributed by atoms with van der Waals surface area (Å²) in [5, 5.41) is 10.8. The topological polar surface area (TPSA) is 79.9 Å². The lowest BCUT2D eigenvalue weighted by Crippen LogP contribution is -2.15. The van der Waals surface area contributed by atoms with Crippen LogP contribution < -0.4 is 5.32 Å². The lowest BCUT2D eigenvalue weighted by atomic mass is 10.2. The Kier molecular flexibility index (Phi) is 3.34. The lowest BCUT2D eigenvalue weighted by Gasteiger charge is -2.03. The number of rotatable bonds is 4. The minimum atomic E-state index is -0.346. The minimum Gasteiger partial charge on any atom is -0.468 e. The van der Waals surface area contributed by atoms with Crippen LogP contribution in [0.4, 0.5) is 5.82 Å². The van der Waals surface area contributed by atoms with Crippen LogP contribution in [-0.4, -0.2) is 34.8 Å². The molecule has 0 unspecified atom stereocenters. The number of carbonyl (C=O) groups excluding carboxylic acids is 1. The molecule has 0 aliphatic heterocycles. The monoisotopic (exact) mass is 232 g/mol. The van der Waals surface area contributed by atoms with Crippen molar-refractivity contribution in [2.45, 2.75) is 0 Å². The van der Waals surface area contributed by atoms with Crippen LogP contribution in [0.2, 0.25) is 0 Å². The minimum absolute atomic E-state index is 0.0781. The molecule has 0 spiro atoms. The molecule has 0 bridgehead atoms. The number of hydrogen-bond donors (Lipinski definition) is 2. The summed E-state index contributed by atoms with van der Waals surface area (Å²) in [6.45, 7) is 0.0781. The Hall–Kier alpha value is -2.37. The second-order valence-corrected chi connectivity index (χ2v) is 3.33. The van der Waals surface area contributed by atoms with E-state index < -0.39 is 0 Å². The molecule has 0 saturated carbocycles. The molecule has 0 fully saturated rings. The third kappa shape index (κ3) is 2.81. The Morgan fingerprint density at radius 3 is 2.88 bits per heavy atom. The normalized spacial score (nSPS) is 9.94. The fourth-order valence-electron chi connectivity index (χ4n) is 1.30. The number of nitrogens with zero attached hydrogens (tertiary/aromatic N) is 2. The molecule has 0 aromatic carbocycles. The molecule has 88 valence electrons. The highest BCUT2D eigenvalue weighted by Gasteiger charge is 2.03. The second kappa shape index (κ2) is 5.11. The first-order valence-corrected chi connectivity index (χ1v) is 5.07. The molecule has 17 heavy (non-hydrogen) atoms. The van der Waals surface area contributed by atoms with Crippen LogP contribution in [0.25, 0.3) is 11.3 Å². The average molecular weight is 232 g/mol. The summed E-state index contributed by atoms with van der Waals surface area (Å²) >= 11 is 0. The first-order chi connectivity index (χ1) is 8.29. The van der Waals surface area contributed by atoms with E-state index in [4.69, 9.17) is 0 Å². The van der Waals surface area contributed by atoms with Crippen LogP contribution in [-0.2, 0) is 9.53 Å². The van der Waals surface area contributed by atoms with Crippen molar-refractivity contribution in [2.75, 3.05) is 19.0 Å². The molecule has 0 aliphatic carbocycles. The quantitative estimate of drug-likeness (QED) is 0.770. The van der Waals surface area contributed by atoms with Crippen LogP contribution in [0.15, 0.2) is 30.6 Å². The van der Waals surface area contributed by atoms with Crippen LogP contribution in [0.3, 0.4) is 0 Å². The van der Waals surface area contributed by atoms with Gasteiger partial charge in [0, 0.05) is 18.0 Å². The van der Waals surface area contributed by atoms with E-state index in [2.05, 4.69) is 25.2 Å². The summed E-state index contributed by atoms with van der Waals surface area (Å²) in [5.74, 6) is 0.191. The summed E-state index contributed by atoms with van der Waals surface area (Å²) in [7, 11) is 1.34. The largest absolute Gasteiger partial charge is 0.468 e. The molecule has 2 aromatic heterocycles. The molecule has 2 aromatic rings. The van der Waals surface area contributed by atoms with Gasteiger partial charge in [-0.15, -0.1) is 10.2 Å². The van der Waals surface area contributed by atoms with Crippen molar-refractivity contribution in [3.8, 4) is 11.3 Å². The number of ether oxygens (including phenoxy) is 1. The maximum atomic E-state index is 10.9. The van der Waals surface area contributed by atoms with Crippen LogP contribution in [0.1, 0.15) is 0 Å². The van der Waals surface area contributed by atoms with Gasteiger partial charge >= 0.3 is 5.97 Å². The van der Waals surface area contributed by atoms with Gasteiger partial charge < -0.3 is 15.0 Å². The Bertz CT molecular complexity index is 479. The molecule has 0 radical (unpaired) electrons. The maximum absolute atomic E-state index is 10.9. The molecule has 0 atom stereocenters. The van der Waals surface area contributed by atoms with Crippen LogP contribution in [0, 0.1) is 0 Å². The molecule has 6 heteroatoms. The van der Waals surface area contributed by atoms with E-state index in [0.29, 0.717) is 5.82 Å². The van der Waals surface area contributed by atoms with Gasteiger partial charge in [-0.1, -0.05) is 0 Å². The van der Waals surface area contributed by atoms with Crippen molar-refractivity contribution >= 4 is 11.8 Å². The summed E-state index contributed by atoms with van der Waals surface area (Å²) in [5.41, 5.74) is 1.74. The predicted octanol–water partition coefficient (Wildman–Crippen LogP) is 1.06. The number of methoxy groups -OCH3 is 1. The number of nitrogens with one attached hydrogen (secondary N) is 2. The lowest BCUT2D eigenvalue weighted by molar-refractivity contribution is -0.138. The van der Waals surface area contributed by atoms with Crippen molar-refractivity contribution in [3.63, 3.8) is 0 Å². The van der Waals surface area contributed by atoms with Crippen molar-refractivity contribution in [3.05, 3.63) is 30.6 Å². The predicted molar refractivity (Wildman–Crippen MR) is 62.3 cm³/mol. The van der Waals surface area contributed by atoms with Crippen LogP contribution >= 0.6 is 0 Å². The number of aromatic nitrogens is 3. The van der Waals surface area contributed by atoms with Gasteiger partial charge in [0.1, 0.15) is 12.4 Å². The maximum Gasteiger partial charge on any atom is 0.325 e. The fourth-order valence-corrected chi connectivity index (χ4v) is 1.30. The van der Waals surface area contributed by atoms with Gasteiger partial charge in [0.25, 0.3) is 0 Å². The molecule has 2 heterocycles. The number of aromatic amines is 1. The van der Waals surface area contributed by atoms with E-state index in [1.165, 1.54) is 7.11 Å². The fraction of sp³-hybridized carbons (Fsp3) is 0.182. The molecular formula is C11H12N4O2. The number of H-pyrrole nitrogens is 1. The van der Waals surface area contributed by atoms with E-state index >= 15 is 0 Å². The third-order valence-electron chi connectivity index (χ3n) is 2.20. The molecular weight excluding hydrogens is 220 g/mol. The van der Waals surface area contributed by atoms with Crippen molar-refractivity contribution in [2.24, 2.45) is 0 Å². The van der Waals surface area contributed by atoms with Gasteiger partial charge in [0.2, 0.25) is 0 Å². The van der Waals surface area contributed by atoms with Crippen molar-refractivity contribution < 1.29 is 9.53 Å². The van der Waals surface area contributed by atoms with E-state index in [9.17, 15) is 4.79 Å². The molecule has 6 nitrogen and oxygen atoms in total. The molecule has 2 N–H and O–H groups in total. The summed E-state index contributed by atoms with van der Waals surface area (Å²) < 4.78 is 4.50. The van der Waals surface area contributed by atoms with Crippen LogP contribution in [0.5, 0.6) is 0 Å². The molecule has 0 saturated heterocycles. The molecule has 0 aliphatic rings. The highest BCUT2D eigenvalue weighted by Crippen LogP contribution is 2.15. The first-order valence-electron chi connectivity index (χ1n) is 5.07. The third-order valence-corrected chi connectivity index (χ3v) is 2.20. The molecule has 2 rings (SSSR count). The van der Waals surface area contributed by atoms with Crippen molar-refractivity contribution in [1.82, 2.24) is 15.2 Å². The van der Waals surface area contributed by atoms with E-state index in [-0.39, 0.29) is 12.5 Å². The first kappa shape index (κ1) is 11.1. The SMILES string of the molecule is COC(=O)CNc1ccc(-c2cc[nH]c2)nn1. The zero-order valence-electron chi connectivity index (χ0n) is 9.30. The zero-order valence-corrected chi connectivity index (χ0v) is 9.30. The van der Waals surface area contributed by atoms with E-state index in [1.807, 2.05) is 24.5 Å². The van der Waals surface area contributed by atoms with Gasteiger partial charge in [0.15, 0.2) is 0 Å². The summed E-state index contributed by atoms with van der Waals surface area (Å²) in [6.07, 6.45) is 3.66. The second-order valence-electron chi connectivity index (χ2n) is 3.33. The smallest absolute Gasteiger partial charge is 0.325 e. The van der Waals surface area contributed by atoms with Crippen molar-refractivity contribution in [1.29, 1.82) is 0 Å². The summed E-state index contributed by atoms with van der Waals surface area (Å²) in [4.78, 5) is 13.8. The zero-order chi connectivity index (χ0) is 12.1. The number of carbonyl (C=O) groups is 1. The van der Waals surface area contributed by atoms with E-state index in [0.717, 1.165) is 11.3 Å². The van der Waals surface area contributed by atoms with Gasteiger partial charge in [-0.2, -0.15) is 0 Å². The Morgan fingerprint density at radius 1 is 1.41 bits per heavy atom. The Balaban J connectivity index is 2.01. The van der Waals surface area contributed by atoms with Gasteiger partial charge in [-0.05, 0) is 18.2 Å². The summed E-state index contributed by atoms with van der Waals surface area (Å²) in [6, 6.07) is 5.50. The number of hydrogen-bond acceptors (Lipinski definition) is 5. The van der Waals surface area contributed by atoms with E-state index in [1.54, 1.807) is 6.07 Å². The van der Waals surface area contributed by atoms with Gasteiger partial charge in [-0.25, -0.2) is 0 Å². The average Bonchev–Trinajstić information content (AvgIpc) is 2.90. The Labute approximate surface area is 98.0 Å². The Morgan fingerprint density at radius 2 is 2.29 bits per heavy atom. The standard InChI is InChI=1S/C11H12N4O2/c1-17-11(16)7-13-10-3-2-9(14-15-10)8-4-5-12-6-8/h2-6,12H,7H2,1H3,(H,13,15). The van der Waals surface area contributed by atoms with Gasteiger partial charge in [-0.3, -0.25) is 4.79 Å².